The van der Waals surface area contributed by atoms with Crippen molar-refractivity contribution in [1.29, 1.82) is 0 Å². The molecule has 1 aliphatic rings. The molecule has 1 saturated heterocycles. The summed E-state index contributed by atoms with van der Waals surface area (Å²) in [5, 5.41) is 17.7. The van der Waals surface area contributed by atoms with Crippen molar-refractivity contribution in [3.63, 3.8) is 0 Å². The van der Waals surface area contributed by atoms with Gasteiger partial charge < -0.3 is 10.6 Å². The minimum Gasteiger partial charge on any atom is -0.382 e. The molecule has 0 aliphatic carbocycles. The molecule has 0 amide bonds. The van der Waals surface area contributed by atoms with Crippen molar-refractivity contribution >= 4 is 11.4 Å². The molecule has 0 spiro atoms. The number of nitrogens with one attached hydrogen (secondary N) is 2. The van der Waals surface area contributed by atoms with E-state index in [-0.39, 0.29) is 10.6 Å². The Labute approximate surface area is 113 Å². The van der Waals surface area contributed by atoms with Crippen LogP contribution in [0.25, 0.3) is 0 Å². The molecular weight excluding hydrogens is 242 g/mol. The quantitative estimate of drug-likeness (QED) is 0.647. The SMILES string of the molecule is Cc1ccc(NC(C)C2CCCNC2)cc1[N+](=O)[O-]. The summed E-state index contributed by atoms with van der Waals surface area (Å²) < 4.78 is 0. The van der Waals surface area contributed by atoms with E-state index in [0.717, 1.165) is 18.8 Å². The number of nitro benzene ring substituents is 1. The van der Waals surface area contributed by atoms with Gasteiger partial charge in [0.2, 0.25) is 0 Å². The summed E-state index contributed by atoms with van der Waals surface area (Å²) in [4.78, 5) is 10.6. The van der Waals surface area contributed by atoms with Gasteiger partial charge in [0, 0.05) is 23.4 Å². The molecule has 1 aromatic carbocycles. The van der Waals surface area contributed by atoms with Gasteiger partial charge in [0.1, 0.15) is 0 Å². The Morgan fingerprint density at radius 3 is 2.95 bits per heavy atom. The normalized spacial score (nSPS) is 20.8. The highest BCUT2D eigenvalue weighted by Gasteiger charge is 2.20. The molecule has 2 unspecified atom stereocenters. The van der Waals surface area contributed by atoms with Crippen molar-refractivity contribution in [3.05, 3.63) is 33.9 Å². The second-order valence-corrected chi connectivity index (χ2v) is 5.30. The number of hydrogen-bond acceptors (Lipinski definition) is 4. The van der Waals surface area contributed by atoms with E-state index < -0.39 is 0 Å². The van der Waals surface area contributed by atoms with Crippen LogP contribution in [0.4, 0.5) is 11.4 Å². The van der Waals surface area contributed by atoms with Crippen molar-refractivity contribution in [2.45, 2.75) is 32.7 Å². The molecular formula is C14H21N3O2. The first kappa shape index (κ1) is 13.8. The number of nitro groups is 1. The Bertz CT molecular complexity index is 456. The summed E-state index contributed by atoms with van der Waals surface area (Å²) in [5.74, 6) is 0.578. The second kappa shape index (κ2) is 6.02. The van der Waals surface area contributed by atoms with Crippen molar-refractivity contribution in [3.8, 4) is 0 Å². The van der Waals surface area contributed by atoms with Gasteiger partial charge in [0.15, 0.2) is 0 Å². The van der Waals surface area contributed by atoms with Gasteiger partial charge in [-0.25, -0.2) is 0 Å². The van der Waals surface area contributed by atoms with Gasteiger partial charge in [-0.3, -0.25) is 10.1 Å². The molecule has 1 aromatic rings. The third-order valence-corrected chi connectivity index (χ3v) is 3.84. The van der Waals surface area contributed by atoms with E-state index in [0.29, 0.717) is 17.5 Å². The summed E-state index contributed by atoms with van der Waals surface area (Å²) in [6, 6.07) is 5.65. The summed E-state index contributed by atoms with van der Waals surface area (Å²) in [7, 11) is 0. The molecule has 1 fully saturated rings. The average molecular weight is 263 g/mol. The first-order valence-corrected chi connectivity index (χ1v) is 6.80. The summed E-state index contributed by atoms with van der Waals surface area (Å²) in [6.45, 7) is 6.01. The van der Waals surface area contributed by atoms with Gasteiger partial charge in [-0.05, 0) is 51.8 Å². The van der Waals surface area contributed by atoms with Crippen molar-refractivity contribution in [1.82, 2.24) is 5.32 Å². The average Bonchev–Trinajstić information content (AvgIpc) is 2.41. The van der Waals surface area contributed by atoms with Crippen molar-refractivity contribution in [2.24, 2.45) is 5.92 Å². The van der Waals surface area contributed by atoms with Gasteiger partial charge in [-0.2, -0.15) is 0 Å². The molecule has 2 rings (SSSR count). The van der Waals surface area contributed by atoms with E-state index >= 15 is 0 Å². The van der Waals surface area contributed by atoms with Crippen LogP contribution in [-0.4, -0.2) is 24.1 Å². The fourth-order valence-corrected chi connectivity index (χ4v) is 2.58. The van der Waals surface area contributed by atoms with E-state index in [2.05, 4.69) is 17.6 Å². The molecule has 1 aliphatic heterocycles. The van der Waals surface area contributed by atoms with E-state index in [1.165, 1.54) is 12.8 Å². The number of rotatable bonds is 4. The first-order valence-electron chi connectivity index (χ1n) is 6.80. The van der Waals surface area contributed by atoms with Gasteiger partial charge >= 0.3 is 0 Å². The number of hydrogen-bond donors (Lipinski definition) is 2. The van der Waals surface area contributed by atoms with Gasteiger partial charge in [-0.15, -0.1) is 0 Å². The van der Waals surface area contributed by atoms with Gasteiger partial charge in [0.25, 0.3) is 5.69 Å². The molecule has 0 aromatic heterocycles. The highest BCUT2D eigenvalue weighted by molar-refractivity contribution is 5.55. The zero-order valence-corrected chi connectivity index (χ0v) is 11.5. The van der Waals surface area contributed by atoms with E-state index in [1.54, 1.807) is 19.1 Å². The van der Waals surface area contributed by atoms with Crippen LogP contribution in [0.2, 0.25) is 0 Å². The zero-order valence-electron chi connectivity index (χ0n) is 11.5. The molecule has 2 atom stereocenters. The molecule has 1 heterocycles. The molecule has 5 nitrogen and oxygen atoms in total. The van der Waals surface area contributed by atoms with Crippen LogP contribution < -0.4 is 10.6 Å². The van der Waals surface area contributed by atoms with Crippen LogP contribution in [0.1, 0.15) is 25.3 Å². The second-order valence-electron chi connectivity index (χ2n) is 5.30. The third-order valence-electron chi connectivity index (χ3n) is 3.84. The van der Waals surface area contributed by atoms with Gasteiger partial charge in [0.05, 0.1) is 4.92 Å². The largest absolute Gasteiger partial charge is 0.382 e. The summed E-state index contributed by atoms with van der Waals surface area (Å²) in [5.41, 5.74) is 1.71. The monoisotopic (exact) mass is 263 g/mol. The Balaban J connectivity index is 2.05. The van der Waals surface area contributed by atoms with Crippen LogP contribution in [0, 0.1) is 23.0 Å². The highest BCUT2D eigenvalue weighted by Crippen LogP contribution is 2.24. The number of benzene rings is 1. The highest BCUT2D eigenvalue weighted by atomic mass is 16.6. The topological polar surface area (TPSA) is 67.2 Å². The number of anilines is 1. The fourth-order valence-electron chi connectivity index (χ4n) is 2.58. The summed E-state index contributed by atoms with van der Waals surface area (Å²) >= 11 is 0. The lowest BCUT2D eigenvalue weighted by Gasteiger charge is -2.29. The zero-order chi connectivity index (χ0) is 13.8. The Morgan fingerprint density at radius 1 is 1.53 bits per heavy atom. The van der Waals surface area contributed by atoms with E-state index in [9.17, 15) is 10.1 Å². The Morgan fingerprint density at radius 2 is 2.32 bits per heavy atom. The number of nitrogens with zero attached hydrogens (tertiary/aromatic N) is 1. The van der Waals surface area contributed by atoms with Crippen molar-refractivity contribution in [2.75, 3.05) is 18.4 Å². The fraction of sp³-hybridized carbons (Fsp3) is 0.571. The predicted octanol–water partition coefficient (Wildman–Crippen LogP) is 2.70. The third kappa shape index (κ3) is 3.44. The molecule has 0 saturated carbocycles. The van der Waals surface area contributed by atoms with Crippen LogP contribution in [0.5, 0.6) is 0 Å². The van der Waals surface area contributed by atoms with E-state index in [1.807, 2.05) is 6.07 Å². The summed E-state index contributed by atoms with van der Waals surface area (Å²) in [6.07, 6.45) is 2.40. The Hall–Kier alpha value is -1.62. The van der Waals surface area contributed by atoms with Crippen LogP contribution >= 0.6 is 0 Å². The molecule has 0 bridgehead atoms. The lowest BCUT2D eigenvalue weighted by atomic mass is 9.92. The lowest BCUT2D eigenvalue weighted by molar-refractivity contribution is -0.385. The maximum absolute atomic E-state index is 10.9. The minimum absolute atomic E-state index is 0.180. The van der Waals surface area contributed by atoms with Crippen molar-refractivity contribution < 1.29 is 4.92 Å². The van der Waals surface area contributed by atoms with Crippen LogP contribution in [0.15, 0.2) is 18.2 Å². The Kier molecular flexibility index (Phi) is 4.37. The van der Waals surface area contributed by atoms with E-state index in [4.69, 9.17) is 0 Å². The maximum atomic E-state index is 10.9. The molecule has 19 heavy (non-hydrogen) atoms. The minimum atomic E-state index is -0.326. The lowest BCUT2D eigenvalue weighted by Crippen LogP contribution is -2.38. The standard InChI is InChI=1S/C14H21N3O2/c1-10-5-6-13(8-14(10)17(18)19)16-11(2)12-4-3-7-15-9-12/h5-6,8,11-12,15-16H,3-4,7,9H2,1-2H3. The predicted molar refractivity (Wildman–Crippen MR) is 76.5 cm³/mol. The maximum Gasteiger partial charge on any atom is 0.274 e. The molecule has 104 valence electrons. The smallest absolute Gasteiger partial charge is 0.274 e. The van der Waals surface area contributed by atoms with Gasteiger partial charge in [-0.1, -0.05) is 6.07 Å². The van der Waals surface area contributed by atoms with Crippen LogP contribution in [-0.2, 0) is 0 Å². The first-order chi connectivity index (χ1) is 9.08. The molecule has 0 radical (unpaired) electrons. The van der Waals surface area contributed by atoms with Crippen LogP contribution in [0.3, 0.4) is 0 Å². The number of aryl methyl sites for hydroxylation is 1. The molecule has 2 N–H and O–H groups in total. The number of piperidine rings is 1. The molecule has 5 heteroatoms.